The molecule has 0 amide bonds. The van der Waals surface area contributed by atoms with Gasteiger partial charge in [-0.1, -0.05) is 13.3 Å². The fourth-order valence-electron chi connectivity index (χ4n) is 1.49. The van der Waals surface area contributed by atoms with Crippen LogP contribution in [0.1, 0.15) is 19.8 Å². The molecule has 1 unspecified atom stereocenters. The normalized spacial score (nSPS) is 12.2. The molecule has 0 aliphatic carbocycles. The van der Waals surface area contributed by atoms with Crippen molar-refractivity contribution in [2.24, 2.45) is 0 Å². The van der Waals surface area contributed by atoms with Gasteiger partial charge in [0.25, 0.3) is 0 Å². The van der Waals surface area contributed by atoms with Crippen LogP contribution < -0.4 is 10.1 Å². The van der Waals surface area contributed by atoms with Crippen molar-refractivity contribution in [2.75, 3.05) is 26.1 Å². The summed E-state index contributed by atoms with van der Waals surface area (Å²) >= 11 is 0. The summed E-state index contributed by atoms with van der Waals surface area (Å²) in [6.45, 7) is 2.81. The van der Waals surface area contributed by atoms with Crippen molar-refractivity contribution in [1.29, 1.82) is 0 Å². The van der Waals surface area contributed by atoms with Gasteiger partial charge in [-0.2, -0.15) is 0 Å². The molecule has 0 bridgehead atoms. The molecule has 5 nitrogen and oxygen atoms in total. The SMILES string of the molecule is CCCC(COC)Nc1cc(OC)ncn1. The topological polar surface area (TPSA) is 56.3 Å². The van der Waals surface area contributed by atoms with Crippen LogP contribution in [0.25, 0.3) is 0 Å². The lowest BCUT2D eigenvalue weighted by molar-refractivity contribution is 0.182. The van der Waals surface area contributed by atoms with Crippen LogP contribution >= 0.6 is 0 Å². The molecular weight excluding hydrogens is 206 g/mol. The first-order valence-corrected chi connectivity index (χ1v) is 5.41. The Kier molecular flexibility index (Phi) is 5.56. The number of hydrogen-bond donors (Lipinski definition) is 1. The Morgan fingerprint density at radius 3 is 2.81 bits per heavy atom. The summed E-state index contributed by atoms with van der Waals surface area (Å²) in [5.74, 6) is 1.33. The Hall–Kier alpha value is -1.36. The number of aromatic nitrogens is 2. The molecular formula is C11H19N3O2. The summed E-state index contributed by atoms with van der Waals surface area (Å²) in [6, 6.07) is 2.05. The Morgan fingerprint density at radius 2 is 2.19 bits per heavy atom. The molecule has 0 fully saturated rings. The van der Waals surface area contributed by atoms with Crippen LogP contribution in [0, 0.1) is 0 Å². The van der Waals surface area contributed by atoms with Crippen LogP contribution in [0.3, 0.4) is 0 Å². The van der Waals surface area contributed by atoms with E-state index in [-0.39, 0.29) is 6.04 Å². The van der Waals surface area contributed by atoms with Crippen molar-refractivity contribution in [1.82, 2.24) is 9.97 Å². The predicted molar refractivity (Wildman–Crippen MR) is 62.8 cm³/mol. The molecule has 0 aromatic carbocycles. The summed E-state index contributed by atoms with van der Waals surface area (Å²) in [5.41, 5.74) is 0. The lowest BCUT2D eigenvalue weighted by atomic mass is 10.2. The smallest absolute Gasteiger partial charge is 0.218 e. The van der Waals surface area contributed by atoms with Crippen LogP contribution in [0.4, 0.5) is 5.82 Å². The largest absolute Gasteiger partial charge is 0.481 e. The fourth-order valence-corrected chi connectivity index (χ4v) is 1.49. The van der Waals surface area contributed by atoms with Gasteiger partial charge in [-0.05, 0) is 6.42 Å². The van der Waals surface area contributed by atoms with Crippen molar-refractivity contribution in [3.63, 3.8) is 0 Å². The van der Waals surface area contributed by atoms with Gasteiger partial charge in [0.15, 0.2) is 0 Å². The van der Waals surface area contributed by atoms with E-state index in [9.17, 15) is 0 Å². The van der Waals surface area contributed by atoms with Gasteiger partial charge < -0.3 is 14.8 Å². The molecule has 0 spiro atoms. The van der Waals surface area contributed by atoms with Gasteiger partial charge in [0, 0.05) is 13.2 Å². The number of anilines is 1. The molecule has 0 radical (unpaired) electrons. The highest BCUT2D eigenvalue weighted by Gasteiger charge is 2.08. The van der Waals surface area contributed by atoms with E-state index < -0.39 is 0 Å². The molecule has 0 aliphatic rings. The molecule has 5 heteroatoms. The molecule has 90 valence electrons. The lowest BCUT2D eigenvalue weighted by Gasteiger charge is -2.17. The van der Waals surface area contributed by atoms with Crippen LogP contribution in [0.15, 0.2) is 12.4 Å². The Bertz CT molecular complexity index is 301. The Morgan fingerprint density at radius 1 is 1.38 bits per heavy atom. The van der Waals surface area contributed by atoms with Crippen molar-refractivity contribution in [3.8, 4) is 5.88 Å². The van der Waals surface area contributed by atoms with Crippen molar-refractivity contribution in [2.45, 2.75) is 25.8 Å². The van der Waals surface area contributed by atoms with Crippen molar-refractivity contribution in [3.05, 3.63) is 12.4 Å². The van der Waals surface area contributed by atoms with Crippen molar-refractivity contribution >= 4 is 5.82 Å². The number of methoxy groups -OCH3 is 2. The second-order valence-corrected chi connectivity index (χ2v) is 3.53. The molecule has 0 saturated heterocycles. The van der Waals surface area contributed by atoms with Gasteiger partial charge in [-0.15, -0.1) is 0 Å². The van der Waals surface area contributed by atoms with E-state index in [1.54, 1.807) is 20.3 Å². The van der Waals surface area contributed by atoms with Gasteiger partial charge in [0.1, 0.15) is 12.1 Å². The molecule has 1 heterocycles. The fraction of sp³-hybridized carbons (Fsp3) is 0.636. The van der Waals surface area contributed by atoms with Crippen LogP contribution in [-0.2, 0) is 4.74 Å². The highest BCUT2D eigenvalue weighted by Crippen LogP contribution is 2.12. The molecule has 1 aromatic heterocycles. The van der Waals surface area contributed by atoms with Crippen LogP contribution in [0.5, 0.6) is 5.88 Å². The summed E-state index contributed by atoms with van der Waals surface area (Å²) in [7, 11) is 3.29. The number of nitrogens with one attached hydrogen (secondary N) is 1. The number of ether oxygens (including phenoxy) is 2. The number of rotatable bonds is 7. The zero-order chi connectivity index (χ0) is 11.8. The maximum Gasteiger partial charge on any atom is 0.218 e. The summed E-state index contributed by atoms with van der Waals surface area (Å²) in [4.78, 5) is 8.09. The molecule has 0 saturated carbocycles. The first kappa shape index (κ1) is 12.7. The third-order valence-corrected chi connectivity index (χ3v) is 2.21. The molecule has 1 aromatic rings. The monoisotopic (exact) mass is 225 g/mol. The molecule has 1 rings (SSSR count). The third-order valence-electron chi connectivity index (χ3n) is 2.21. The van der Waals surface area contributed by atoms with E-state index in [4.69, 9.17) is 9.47 Å². The van der Waals surface area contributed by atoms with Gasteiger partial charge in [-0.3, -0.25) is 0 Å². The minimum absolute atomic E-state index is 0.273. The number of nitrogens with zero attached hydrogens (tertiary/aromatic N) is 2. The van der Waals surface area contributed by atoms with E-state index in [0.717, 1.165) is 18.7 Å². The average Bonchev–Trinajstić information content (AvgIpc) is 2.30. The average molecular weight is 225 g/mol. The van der Waals surface area contributed by atoms with Crippen LogP contribution in [-0.4, -0.2) is 36.8 Å². The first-order valence-electron chi connectivity index (χ1n) is 5.41. The Balaban J connectivity index is 2.60. The first-order chi connectivity index (χ1) is 7.80. The van der Waals surface area contributed by atoms with Gasteiger partial charge >= 0.3 is 0 Å². The van der Waals surface area contributed by atoms with Gasteiger partial charge in [-0.25, -0.2) is 9.97 Å². The Labute approximate surface area is 96.2 Å². The van der Waals surface area contributed by atoms with E-state index in [2.05, 4.69) is 22.2 Å². The van der Waals surface area contributed by atoms with Gasteiger partial charge in [0.05, 0.1) is 19.8 Å². The van der Waals surface area contributed by atoms with E-state index in [1.165, 1.54) is 6.33 Å². The minimum Gasteiger partial charge on any atom is -0.481 e. The molecule has 1 N–H and O–H groups in total. The standard InChI is InChI=1S/C11H19N3O2/c1-4-5-9(7-15-2)14-10-6-11(16-3)13-8-12-10/h6,8-9H,4-5,7H2,1-3H3,(H,12,13,14). The second kappa shape index (κ2) is 7.00. The maximum atomic E-state index is 5.15. The van der Waals surface area contributed by atoms with Crippen molar-refractivity contribution < 1.29 is 9.47 Å². The van der Waals surface area contributed by atoms with Crippen LogP contribution in [0.2, 0.25) is 0 Å². The summed E-state index contributed by atoms with van der Waals surface area (Å²) in [6.07, 6.45) is 3.63. The molecule has 1 atom stereocenters. The lowest BCUT2D eigenvalue weighted by Crippen LogP contribution is -2.25. The van der Waals surface area contributed by atoms with E-state index >= 15 is 0 Å². The van der Waals surface area contributed by atoms with Gasteiger partial charge in [0.2, 0.25) is 5.88 Å². The predicted octanol–water partition coefficient (Wildman–Crippen LogP) is 1.71. The zero-order valence-electron chi connectivity index (χ0n) is 10.1. The summed E-state index contributed by atoms with van der Waals surface area (Å²) in [5, 5.41) is 3.30. The number of hydrogen-bond acceptors (Lipinski definition) is 5. The second-order valence-electron chi connectivity index (χ2n) is 3.53. The zero-order valence-corrected chi connectivity index (χ0v) is 10.1. The van der Waals surface area contributed by atoms with E-state index in [0.29, 0.717) is 12.5 Å². The highest BCUT2D eigenvalue weighted by molar-refractivity contribution is 5.38. The quantitative estimate of drug-likeness (QED) is 0.765. The third kappa shape index (κ3) is 4.02. The highest BCUT2D eigenvalue weighted by atomic mass is 16.5. The molecule has 16 heavy (non-hydrogen) atoms. The summed E-state index contributed by atoms with van der Waals surface area (Å²) < 4.78 is 10.2. The minimum atomic E-state index is 0.273. The van der Waals surface area contributed by atoms with E-state index in [1.807, 2.05) is 0 Å². The maximum absolute atomic E-state index is 5.15. The molecule has 0 aliphatic heterocycles.